The second-order valence-electron chi connectivity index (χ2n) is 7.32. The molecule has 150 valence electrons. The van der Waals surface area contributed by atoms with Gasteiger partial charge in [0.2, 0.25) is 15.9 Å². The second kappa shape index (κ2) is 8.58. The lowest BCUT2D eigenvalue weighted by Gasteiger charge is -2.27. The standard InChI is InChI=1S/C19H29N3O4S/c1-2-26-17-9-8-16(21-19(23)14-6-7-15(20)12-14)13-18(17)27(24,25)22-10-4-3-5-11-22/h8-9,13-15H,2-7,10-12,20H2,1H3,(H,21,23). The summed E-state index contributed by atoms with van der Waals surface area (Å²) in [5.41, 5.74) is 6.36. The van der Waals surface area contributed by atoms with E-state index >= 15 is 0 Å². The van der Waals surface area contributed by atoms with Crippen LogP contribution in [0.1, 0.15) is 45.4 Å². The lowest BCUT2D eigenvalue weighted by atomic mass is 10.1. The molecule has 2 fully saturated rings. The lowest BCUT2D eigenvalue weighted by Crippen LogP contribution is -2.35. The van der Waals surface area contributed by atoms with Crippen LogP contribution in [0.2, 0.25) is 0 Å². The summed E-state index contributed by atoms with van der Waals surface area (Å²) in [7, 11) is -3.66. The molecule has 1 amide bonds. The van der Waals surface area contributed by atoms with Crippen LogP contribution in [0.5, 0.6) is 5.75 Å². The highest BCUT2D eigenvalue weighted by molar-refractivity contribution is 7.89. The Labute approximate surface area is 161 Å². The number of hydrogen-bond acceptors (Lipinski definition) is 5. The number of ether oxygens (including phenoxy) is 1. The Morgan fingerprint density at radius 2 is 2.00 bits per heavy atom. The number of carbonyl (C=O) groups excluding carboxylic acids is 1. The highest BCUT2D eigenvalue weighted by Crippen LogP contribution is 2.32. The van der Waals surface area contributed by atoms with Crippen LogP contribution >= 0.6 is 0 Å². The summed E-state index contributed by atoms with van der Waals surface area (Å²) >= 11 is 0. The van der Waals surface area contributed by atoms with Crippen LogP contribution < -0.4 is 15.8 Å². The van der Waals surface area contributed by atoms with Crippen molar-refractivity contribution in [1.82, 2.24) is 4.31 Å². The molecule has 2 unspecified atom stereocenters. The van der Waals surface area contributed by atoms with Crippen molar-refractivity contribution in [2.24, 2.45) is 11.7 Å². The van der Waals surface area contributed by atoms with E-state index in [9.17, 15) is 13.2 Å². The number of carbonyl (C=O) groups is 1. The number of rotatable bonds is 6. The predicted octanol–water partition coefficient (Wildman–Crippen LogP) is 2.33. The monoisotopic (exact) mass is 395 g/mol. The van der Waals surface area contributed by atoms with Crippen molar-refractivity contribution in [3.8, 4) is 5.75 Å². The van der Waals surface area contributed by atoms with Gasteiger partial charge in [0.1, 0.15) is 10.6 Å². The Morgan fingerprint density at radius 3 is 2.63 bits per heavy atom. The summed E-state index contributed by atoms with van der Waals surface area (Å²) in [6, 6.07) is 4.89. The molecule has 7 nitrogen and oxygen atoms in total. The van der Waals surface area contributed by atoms with Gasteiger partial charge in [0.15, 0.2) is 0 Å². The number of anilines is 1. The molecule has 3 N–H and O–H groups in total. The fourth-order valence-corrected chi connectivity index (χ4v) is 5.48. The number of nitrogens with one attached hydrogen (secondary N) is 1. The summed E-state index contributed by atoms with van der Waals surface area (Å²) < 4.78 is 33.3. The van der Waals surface area contributed by atoms with E-state index in [0.29, 0.717) is 37.6 Å². The average Bonchev–Trinajstić information content (AvgIpc) is 3.10. The van der Waals surface area contributed by atoms with Crippen LogP contribution in [0.4, 0.5) is 5.69 Å². The van der Waals surface area contributed by atoms with E-state index in [2.05, 4.69) is 5.32 Å². The smallest absolute Gasteiger partial charge is 0.246 e. The number of piperidine rings is 1. The van der Waals surface area contributed by atoms with E-state index in [1.54, 1.807) is 12.1 Å². The molecule has 0 spiro atoms. The summed E-state index contributed by atoms with van der Waals surface area (Å²) in [5.74, 6) is 0.103. The molecule has 1 aromatic rings. The molecule has 1 saturated carbocycles. The molecule has 27 heavy (non-hydrogen) atoms. The molecule has 2 atom stereocenters. The minimum atomic E-state index is -3.66. The minimum absolute atomic E-state index is 0.0659. The largest absolute Gasteiger partial charge is 0.492 e. The third-order valence-electron chi connectivity index (χ3n) is 5.29. The van der Waals surface area contributed by atoms with Crippen LogP contribution in [0.15, 0.2) is 23.1 Å². The van der Waals surface area contributed by atoms with Crippen LogP contribution in [-0.2, 0) is 14.8 Å². The number of benzene rings is 1. The van der Waals surface area contributed by atoms with E-state index in [1.807, 2.05) is 6.92 Å². The van der Waals surface area contributed by atoms with Gasteiger partial charge in [-0.2, -0.15) is 4.31 Å². The summed E-state index contributed by atoms with van der Waals surface area (Å²) in [6.07, 6.45) is 5.05. The molecule has 0 aromatic heterocycles. The van der Waals surface area contributed by atoms with Gasteiger partial charge < -0.3 is 15.8 Å². The number of nitrogens with two attached hydrogens (primary N) is 1. The Balaban J connectivity index is 1.85. The highest BCUT2D eigenvalue weighted by atomic mass is 32.2. The molecule has 1 heterocycles. The number of sulfonamides is 1. The number of amides is 1. The zero-order chi connectivity index (χ0) is 19.4. The molecule has 1 aliphatic heterocycles. The van der Waals surface area contributed by atoms with Gasteiger partial charge in [0, 0.05) is 30.7 Å². The minimum Gasteiger partial charge on any atom is -0.492 e. The first-order valence-corrected chi connectivity index (χ1v) is 11.2. The van der Waals surface area contributed by atoms with Gasteiger partial charge in [0.05, 0.1) is 6.61 Å². The van der Waals surface area contributed by atoms with Crippen LogP contribution in [0.25, 0.3) is 0 Å². The van der Waals surface area contributed by atoms with E-state index in [-0.39, 0.29) is 22.8 Å². The Hall–Kier alpha value is -1.64. The quantitative estimate of drug-likeness (QED) is 0.770. The molecule has 0 bridgehead atoms. The Kier molecular flexibility index (Phi) is 6.39. The highest BCUT2D eigenvalue weighted by Gasteiger charge is 2.31. The van der Waals surface area contributed by atoms with Crippen LogP contribution in [-0.4, -0.2) is 44.4 Å². The van der Waals surface area contributed by atoms with Gasteiger partial charge in [0.25, 0.3) is 0 Å². The maximum absolute atomic E-state index is 13.1. The summed E-state index contributed by atoms with van der Waals surface area (Å²) in [5, 5.41) is 2.86. The van der Waals surface area contributed by atoms with Gasteiger partial charge in [-0.05, 0) is 57.2 Å². The molecule has 1 saturated heterocycles. The molecule has 0 radical (unpaired) electrons. The second-order valence-corrected chi connectivity index (χ2v) is 9.22. The third-order valence-corrected chi connectivity index (χ3v) is 7.21. The molecule has 2 aliphatic rings. The lowest BCUT2D eigenvalue weighted by molar-refractivity contribution is -0.119. The molecule has 8 heteroatoms. The van der Waals surface area contributed by atoms with Gasteiger partial charge in [-0.15, -0.1) is 0 Å². The van der Waals surface area contributed by atoms with Crippen LogP contribution in [0, 0.1) is 5.92 Å². The zero-order valence-electron chi connectivity index (χ0n) is 15.8. The van der Waals surface area contributed by atoms with Crippen molar-refractivity contribution in [3.05, 3.63) is 18.2 Å². The predicted molar refractivity (Wildman–Crippen MR) is 104 cm³/mol. The maximum atomic E-state index is 13.1. The van der Waals surface area contributed by atoms with E-state index < -0.39 is 10.0 Å². The first-order valence-electron chi connectivity index (χ1n) is 9.75. The fraction of sp³-hybridized carbons (Fsp3) is 0.632. The molecule has 1 aliphatic carbocycles. The first kappa shape index (κ1) is 20.1. The van der Waals surface area contributed by atoms with Crippen molar-refractivity contribution in [3.63, 3.8) is 0 Å². The third kappa shape index (κ3) is 4.62. The summed E-state index contributed by atoms with van der Waals surface area (Å²) in [4.78, 5) is 12.6. The first-order chi connectivity index (χ1) is 12.9. The number of nitrogens with zero attached hydrogens (tertiary/aromatic N) is 1. The molecular weight excluding hydrogens is 366 g/mol. The van der Waals surface area contributed by atoms with Crippen LogP contribution in [0.3, 0.4) is 0 Å². The van der Waals surface area contributed by atoms with Crippen molar-refractivity contribution < 1.29 is 17.9 Å². The SMILES string of the molecule is CCOc1ccc(NC(=O)C2CCC(N)C2)cc1S(=O)(=O)N1CCCCC1. The Morgan fingerprint density at radius 1 is 1.26 bits per heavy atom. The number of hydrogen-bond donors (Lipinski definition) is 2. The Bertz CT molecular complexity index is 775. The van der Waals surface area contributed by atoms with E-state index in [1.165, 1.54) is 10.4 Å². The van der Waals surface area contributed by atoms with Crippen molar-refractivity contribution in [2.45, 2.75) is 56.4 Å². The maximum Gasteiger partial charge on any atom is 0.246 e. The van der Waals surface area contributed by atoms with Crippen molar-refractivity contribution in [1.29, 1.82) is 0 Å². The van der Waals surface area contributed by atoms with Gasteiger partial charge >= 0.3 is 0 Å². The normalized spacial score (nSPS) is 23.9. The summed E-state index contributed by atoms with van der Waals surface area (Å²) in [6.45, 7) is 3.22. The molecular formula is C19H29N3O4S. The van der Waals surface area contributed by atoms with Crippen molar-refractivity contribution >= 4 is 21.6 Å². The van der Waals surface area contributed by atoms with E-state index in [4.69, 9.17) is 10.5 Å². The molecule has 3 rings (SSSR count). The van der Waals surface area contributed by atoms with Gasteiger partial charge in [-0.3, -0.25) is 4.79 Å². The fourth-order valence-electron chi connectivity index (χ4n) is 3.81. The van der Waals surface area contributed by atoms with Gasteiger partial charge in [-0.1, -0.05) is 6.42 Å². The molecule has 1 aromatic carbocycles. The van der Waals surface area contributed by atoms with Gasteiger partial charge in [-0.25, -0.2) is 8.42 Å². The van der Waals surface area contributed by atoms with E-state index in [0.717, 1.165) is 32.1 Å². The topological polar surface area (TPSA) is 102 Å². The average molecular weight is 396 g/mol. The zero-order valence-corrected chi connectivity index (χ0v) is 16.6. The van der Waals surface area contributed by atoms with Crippen molar-refractivity contribution in [2.75, 3.05) is 25.0 Å².